The van der Waals surface area contributed by atoms with Crippen LogP contribution in [0, 0.1) is 6.92 Å². The largest absolute Gasteiger partial charge is 0.493 e. The smallest absolute Gasteiger partial charge is 0.321 e. The van der Waals surface area contributed by atoms with Gasteiger partial charge in [0, 0.05) is 30.4 Å². The van der Waals surface area contributed by atoms with Crippen molar-refractivity contribution >= 4 is 28.6 Å². The number of carbonyl (C=O) groups is 1. The molecule has 186 valence electrons. The molecule has 5 rings (SSSR count). The first-order chi connectivity index (χ1) is 17.5. The molecule has 2 amide bonds. The highest BCUT2D eigenvalue weighted by molar-refractivity contribution is 5.90. The molecule has 0 unspecified atom stereocenters. The second-order valence-electron chi connectivity index (χ2n) is 8.94. The van der Waals surface area contributed by atoms with Crippen molar-refractivity contribution < 1.29 is 14.3 Å². The Labute approximate surface area is 209 Å². The van der Waals surface area contributed by atoms with E-state index in [0.29, 0.717) is 24.6 Å². The molecule has 9 heteroatoms. The molecule has 36 heavy (non-hydrogen) atoms. The Hall–Kier alpha value is -4.27. The van der Waals surface area contributed by atoms with Crippen LogP contribution < -0.4 is 20.1 Å². The Balaban J connectivity index is 1.25. The number of nitrogens with zero attached hydrogens (tertiary/aromatic N) is 3. The molecule has 0 spiro atoms. The van der Waals surface area contributed by atoms with Crippen LogP contribution >= 0.6 is 0 Å². The molecule has 1 saturated heterocycles. The van der Waals surface area contributed by atoms with Gasteiger partial charge in [-0.15, -0.1) is 0 Å². The maximum atomic E-state index is 12.7. The van der Waals surface area contributed by atoms with Crippen molar-refractivity contribution in [3.8, 4) is 22.8 Å². The number of aromatic amines is 1. The van der Waals surface area contributed by atoms with E-state index in [1.165, 1.54) is 0 Å². The Morgan fingerprint density at radius 2 is 1.83 bits per heavy atom. The van der Waals surface area contributed by atoms with Gasteiger partial charge in [0.2, 0.25) is 0 Å². The summed E-state index contributed by atoms with van der Waals surface area (Å²) in [5.41, 5.74) is 5.31. The average Bonchev–Trinajstić information content (AvgIpc) is 3.30. The molecule has 1 aliphatic rings. The molecule has 9 nitrogen and oxygen atoms in total. The fourth-order valence-corrected chi connectivity index (χ4v) is 4.50. The Morgan fingerprint density at radius 3 is 2.58 bits per heavy atom. The number of carbonyl (C=O) groups excluding carboxylic acids is 1. The maximum absolute atomic E-state index is 12.7. The summed E-state index contributed by atoms with van der Waals surface area (Å²) in [6.45, 7) is 3.35. The molecule has 4 aromatic rings. The van der Waals surface area contributed by atoms with Gasteiger partial charge in [0.1, 0.15) is 5.52 Å². The van der Waals surface area contributed by atoms with Gasteiger partial charge in [0.05, 0.1) is 25.4 Å². The van der Waals surface area contributed by atoms with Crippen LogP contribution in [0.3, 0.4) is 0 Å². The third kappa shape index (κ3) is 4.91. The van der Waals surface area contributed by atoms with E-state index in [-0.39, 0.29) is 12.1 Å². The number of hydrogen-bond donors (Lipinski definition) is 3. The minimum Gasteiger partial charge on any atom is -0.493 e. The lowest BCUT2D eigenvalue weighted by atomic mass is 10.1. The second-order valence-corrected chi connectivity index (χ2v) is 8.94. The highest BCUT2D eigenvalue weighted by Crippen LogP contribution is 2.33. The summed E-state index contributed by atoms with van der Waals surface area (Å²) in [6, 6.07) is 17.6. The third-order valence-electron chi connectivity index (χ3n) is 6.48. The first-order valence-electron chi connectivity index (χ1n) is 12.0. The van der Waals surface area contributed by atoms with E-state index in [2.05, 4.69) is 20.8 Å². The van der Waals surface area contributed by atoms with Crippen molar-refractivity contribution in [2.24, 2.45) is 0 Å². The zero-order valence-corrected chi connectivity index (χ0v) is 20.7. The van der Waals surface area contributed by atoms with Gasteiger partial charge in [0.25, 0.3) is 0 Å². The number of aromatic nitrogens is 3. The van der Waals surface area contributed by atoms with E-state index in [1.807, 2.05) is 66.4 Å². The molecule has 0 radical (unpaired) electrons. The fraction of sp³-hybridized carbons (Fsp3) is 0.296. The number of anilines is 2. The fourth-order valence-electron chi connectivity index (χ4n) is 4.50. The Kier molecular flexibility index (Phi) is 6.62. The number of urea groups is 1. The summed E-state index contributed by atoms with van der Waals surface area (Å²) < 4.78 is 10.8. The van der Waals surface area contributed by atoms with Gasteiger partial charge in [-0.1, -0.05) is 12.1 Å². The standard InChI is InChI=1S/C27H30N6O3/c1-17-5-4-6-20(15-17)29-27(34)33-13-11-19(12-14-33)28-26-25-22(31-32-26)9-8-21(30-25)18-7-10-23(35-2)24(16-18)36-3/h4-10,15-16,19H,11-14H2,1-3H3,(H,29,34)(H2,28,31,32). The SMILES string of the molecule is COc1ccc(-c2ccc3[nH]nc(NC4CCN(C(=O)Nc5cccc(C)c5)CC4)c3n2)cc1OC. The number of amides is 2. The summed E-state index contributed by atoms with van der Waals surface area (Å²) >= 11 is 0. The van der Waals surface area contributed by atoms with Crippen molar-refractivity contribution in [2.75, 3.05) is 37.9 Å². The quantitative estimate of drug-likeness (QED) is 0.352. The van der Waals surface area contributed by atoms with Crippen LogP contribution in [0.1, 0.15) is 18.4 Å². The van der Waals surface area contributed by atoms with Crippen LogP contribution in [-0.4, -0.2) is 59.5 Å². The molecule has 0 atom stereocenters. The van der Waals surface area contributed by atoms with Gasteiger partial charge in [-0.2, -0.15) is 5.10 Å². The van der Waals surface area contributed by atoms with Gasteiger partial charge in [-0.25, -0.2) is 9.78 Å². The summed E-state index contributed by atoms with van der Waals surface area (Å²) in [5, 5.41) is 14.1. The minimum atomic E-state index is -0.0644. The molecular formula is C27H30N6O3. The number of likely N-dealkylation sites (tertiary alicyclic amines) is 1. The van der Waals surface area contributed by atoms with Gasteiger partial charge in [-0.05, 0) is 67.8 Å². The molecule has 1 aliphatic heterocycles. The van der Waals surface area contributed by atoms with Crippen molar-refractivity contribution in [3.63, 3.8) is 0 Å². The van der Waals surface area contributed by atoms with E-state index < -0.39 is 0 Å². The summed E-state index contributed by atoms with van der Waals surface area (Å²) in [7, 11) is 3.24. The van der Waals surface area contributed by atoms with Gasteiger partial charge < -0.3 is 25.0 Å². The molecule has 2 aromatic heterocycles. The van der Waals surface area contributed by atoms with Gasteiger partial charge in [0.15, 0.2) is 17.3 Å². The number of fused-ring (bicyclic) bond motifs is 1. The second kappa shape index (κ2) is 10.2. The summed E-state index contributed by atoms with van der Waals surface area (Å²) in [5.74, 6) is 2.04. The highest BCUT2D eigenvalue weighted by atomic mass is 16.5. The van der Waals surface area contributed by atoms with Crippen LogP contribution in [0.4, 0.5) is 16.3 Å². The molecule has 0 saturated carbocycles. The molecule has 1 fully saturated rings. The van der Waals surface area contributed by atoms with Crippen LogP contribution in [0.5, 0.6) is 11.5 Å². The van der Waals surface area contributed by atoms with E-state index in [1.54, 1.807) is 14.2 Å². The molecule has 0 bridgehead atoms. The number of hydrogen-bond acceptors (Lipinski definition) is 6. The zero-order chi connectivity index (χ0) is 25.1. The average molecular weight is 487 g/mol. The maximum Gasteiger partial charge on any atom is 0.321 e. The monoisotopic (exact) mass is 486 g/mol. The lowest BCUT2D eigenvalue weighted by molar-refractivity contribution is 0.197. The van der Waals surface area contributed by atoms with E-state index in [4.69, 9.17) is 14.5 Å². The first-order valence-corrected chi connectivity index (χ1v) is 12.0. The van der Waals surface area contributed by atoms with E-state index in [0.717, 1.165) is 52.2 Å². The number of pyridine rings is 1. The topological polar surface area (TPSA) is 104 Å². The van der Waals surface area contributed by atoms with Gasteiger partial charge >= 0.3 is 6.03 Å². The number of methoxy groups -OCH3 is 2. The van der Waals surface area contributed by atoms with Gasteiger partial charge in [-0.3, -0.25) is 5.10 Å². The first kappa shape index (κ1) is 23.5. The van der Waals surface area contributed by atoms with E-state index in [9.17, 15) is 4.79 Å². The number of benzene rings is 2. The zero-order valence-electron chi connectivity index (χ0n) is 20.7. The number of nitrogens with one attached hydrogen (secondary N) is 3. The molecule has 2 aromatic carbocycles. The van der Waals surface area contributed by atoms with Crippen LogP contribution in [-0.2, 0) is 0 Å². The van der Waals surface area contributed by atoms with Crippen molar-refractivity contribution in [3.05, 3.63) is 60.2 Å². The van der Waals surface area contributed by atoms with Crippen LogP contribution in [0.2, 0.25) is 0 Å². The molecule has 3 N–H and O–H groups in total. The van der Waals surface area contributed by atoms with Crippen molar-refractivity contribution in [1.29, 1.82) is 0 Å². The number of H-pyrrole nitrogens is 1. The Bertz CT molecular complexity index is 1380. The number of piperidine rings is 1. The summed E-state index contributed by atoms with van der Waals surface area (Å²) in [4.78, 5) is 19.4. The number of aryl methyl sites for hydroxylation is 1. The Morgan fingerprint density at radius 1 is 1.03 bits per heavy atom. The molecular weight excluding hydrogens is 456 g/mol. The van der Waals surface area contributed by atoms with Crippen molar-refractivity contribution in [2.45, 2.75) is 25.8 Å². The van der Waals surface area contributed by atoms with Crippen LogP contribution in [0.25, 0.3) is 22.3 Å². The predicted molar refractivity (Wildman–Crippen MR) is 141 cm³/mol. The number of ether oxygens (including phenoxy) is 2. The molecule has 0 aliphatic carbocycles. The number of rotatable bonds is 6. The molecule has 3 heterocycles. The predicted octanol–water partition coefficient (Wildman–Crippen LogP) is 5.06. The normalized spacial score (nSPS) is 14.0. The van der Waals surface area contributed by atoms with E-state index >= 15 is 0 Å². The van der Waals surface area contributed by atoms with Crippen LogP contribution in [0.15, 0.2) is 54.6 Å². The summed E-state index contributed by atoms with van der Waals surface area (Å²) in [6.07, 6.45) is 1.65. The third-order valence-corrected chi connectivity index (χ3v) is 6.48. The lowest BCUT2D eigenvalue weighted by Crippen LogP contribution is -2.44. The lowest BCUT2D eigenvalue weighted by Gasteiger charge is -2.32. The minimum absolute atomic E-state index is 0.0644. The van der Waals surface area contributed by atoms with Crippen molar-refractivity contribution in [1.82, 2.24) is 20.1 Å². The highest BCUT2D eigenvalue weighted by Gasteiger charge is 2.24.